The van der Waals surface area contributed by atoms with Gasteiger partial charge in [0.05, 0.1) is 5.69 Å². The van der Waals surface area contributed by atoms with Gasteiger partial charge in [0.1, 0.15) is 12.4 Å². The summed E-state index contributed by atoms with van der Waals surface area (Å²) in [6, 6.07) is 13.5. The number of hydrogen-bond acceptors (Lipinski definition) is 4. The van der Waals surface area contributed by atoms with Crippen LogP contribution in [0.3, 0.4) is 0 Å². The van der Waals surface area contributed by atoms with Gasteiger partial charge in [0, 0.05) is 5.56 Å². The summed E-state index contributed by atoms with van der Waals surface area (Å²) in [5, 5.41) is 6.68. The molecule has 2 aromatic carbocycles. The maximum Gasteiger partial charge on any atom is 0.287 e. The van der Waals surface area contributed by atoms with E-state index in [0.717, 1.165) is 11.1 Å². The summed E-state index contributed by atoms with van der Waals surface area (Å²) in [6.07, 6.45) is 0. The fourth-order valence-corrected chi connectivity index (χ4v) is 2.29. The van der Waals surface area contributed by atoms with Crippen LogP contribution in [0.15, 0.2) is 52.9 Å². The summed E-state index contributed by atoms with van der Waals surface area (Å²) in [5.74, 6) is -0.617. The zero-order valence-corrected chi connectivity index (χ0v) is 13.6. The fraction of sp³-hybridized carbons (Fsp3) is 0.118. The molecule has 0 aliphatic carbocycles. The van der Waals surface area contributed by atoms with Gasteiger partial charge < -0.3 is 9.73 Å². The molecule has 0 saturated carbocycles. The number of aromatic nitrogens is 2. The maximum atomic E-state index is 13.5. The van der Waals surface area contributed by atoms with Crippen molar-refractivity contribution in [2.45, 2.75) is 13.5 Å². The molecule has 1 aromatic heterocycles. The van der Waals surface area contributed by atoms with Gasteiger partial charge in [-0.25, -0.2) is 9.07 Å². The second kappa shape index (κ2) is 6.76. The molecule has 0 saturated heterocycles. The molecule has 0 atom stereocenters. The lowest BCUT2D eigenvalue weighted by molar-refractivity contribution is -0.117. The van der Waals surface area contributed by atoms with Crippen molar-refractivity contribution < 1.29 is 13.6 Å². The van der Waals surface area contributed by atoms with Crippen molar-refractivity contribution >= 4 is 23.8 Å². The average Bonchev–Trinajstić information content (AvgIpc) is 2.91. The SMILES string of the molecule is Cc1ccc(-c2nn(CC(=O)Nc3ccccc3F)c(=S)o2)cc1. The lowest BCUT2D eigenvalue weighted by atomic mass is 10.1. The maximum absolute atomic E-state index is 13.5. The molecule has 5 nitrogen and oxygen atoms in total. The van der Waals surface area contributed by atoms with Crippen molar-refractivity contribution in [3.05, 3.63) is 64.7 Å². The van der Waals surface area contributed by atoms with Gasteiger partial charge in [-0.15, -0.1) is 5.10 Å². The van der Waals surface area contributed by atoms with Crippen molar-refractivity contribution in [3.8, 4) is 11.5 Å². The molecule has 0 radical (unpaired) electrons. The summed E-state index contributed by atoms with van der Waals surface area (Å²) in [5.41, 5.74) is 1.98. The number of carbonyl (C=O) groups is 1. The van der Waals surface area contributed by atoms with Crippen LogP contribution in [-0.4, -0.2) is 15.7 Å². The minimum atomic E-state index is -0.505. The molecule has 1 N–H and O–H groups in total. The van der Waals surface area contributed by atoms with Crippen molar-refractivity contribution in [3.63, 3.8) is 0 Å². The van der Waals surface area contributed by atoms with E-state index in [1.807, 2.05) is 31.2 Å². The van der Waals surface area contributed by atoms with Crippen LogP contribution < -0.4 is 5.32 Å². The van der Waals surface area contributed by atoms with Crippen LogP contribution in [0.25, 0.3) is 11.5 Å². The van der Waals surface area contributed by atoms with E-state index in [1.165, 1.54) is 16.8 Å². The monoisotopic (exact) mass is 343 g/mol. The summed E-state index contributed by atoms with van der Waals surface area (Å²) in [6.45, 7) is 1.81. The molecule has 0 unspecified atom stereocenters. The molecule has 1 heterocycles. The third-order valence-corrected chi connectivity index (χ3v) is 3.64. The van der Waals surface area contributed by atoms with Gasteiger partial charge in [-0.3, -0.25) is 4.79 Å². The first-order chi connectivity index (χ1) is 11.5. The Hall–Kier alpha value is -2.80. The standard InChI is InChI=1S/C17H14FN3O2S/c1-11-6-8-12(9-7-11)16-20-21(17(24)23-16)10-15(22)19-14-5-3-2-4-13(14)18/h2-9H,10H2,1H3,(H,19,22). The minimum Gasteiger partial charge on any atom is -0.409 e. The topological polar surface area (TPSA) is 60.1 Å². The Bertz CT molecular complexity index is 932. The smallest absolute Gasteiger partial charge is 0.287 e. The zero-order valence-electron chi connectivity index (χ0n) is 12.8. The zero-order chi connectivity index (χ0) is 17.1. The highest BCUT2D eigenvalue weighted by Gasteiger charge is 2.12. The molecule has 24 heavy (non-hydrogen) atoms. The lowest BCUT2D eigenvalue weighted by Gasteiger charge is -2.05. The first-order valence-corrected chi connectivity index (χ1v) is 7.63. The Labute approximate surface area is 142 Å². The molecule has 3 rings (SSSR count). The van der Waals surface area contributed by atoms with Crippen molar-refractivity contribution in [1.29, 1.82) is 0 Å². The molecular weight excluding hydrogens is 329 g/mol. The van der Waals surface area contributed by atoms with Gasteiger partial charge in [0.25, 0.3) is 4.84 Å². The van der Waals surface area contributed by atoms with E-state index >= 15 is 0 Å². The van der Waals surface area contributed by atoms with E-state index in [4.69, 9.17) is 16.6 Å². The molecule has 1 amide bonds. The first-order valence-electron chi connectivity index (χ1n) is 7.22. The highest BCUT2D eigenvalue weighted by Crippen LogP contribution is 2.18. The van der Waals surface area contributed by atoms with Crippen molar-refractivity contribution in [1.82, 2.24) is 9.78 Å². The van der Waals surface area contributed by atoms with Crippen LogP contribution in [0.2, 0.25) is 0 Å². The number of aryl methyl sites for hydroxylation is 1. The second-order valence-corrected chi connectivity index (χ2v) is 5.57. The van der Waals surface area contributed by atoms with Crippen LogP contribution in [0.1, 0.15) is 5.56 Å². The van der Waals surface area contributed by atoms with Gasteiger partial charge in [0.15, 0.2) is 0 Å². The number of nitrogens with one attached hydrogen (secondary N) is 1. The van der Waals surface area contributed by atoms with E-state index in [2.05, 4.69) is 10.4 Å². The Kier molecular flexibility index (Phi) is 4.52. The summed E-state index contributed by atoms with van der Waals surface area (Å²) in [7, 11) is 0. The summed E-state index contributed by atoms with van der Waals surface area (Å²) in [4.78, 5) is 12.1. The highest BCUT2D eigenvalue weighted by molar-refractivity contribution is 7.71. The quantitative estimate of drug-likeness (QED) is 0.729. The molecule has 0 fully saturated rings. The van der Waals surface area contributed by atoms with Crippen molar-refractivity contribution in [2.75, 3.05) is 5.32 Å². The van der Waals surface area contributed by atoms with Crippen LogP contribution >= 0.6 is 12.2 Å². The summed E-state index contributed by atoms with van der Waals surface area (Å²) < 4.78 is 20.2. The van der Waals surface area contributed by atoms with E-state index in [-0.39, 0.29) is 17.1 Å². The number of amides is 1. The van der Waals surface area contributed by atoms with E-state index in [0.29, 0.717) is 5.89 Å². The largest absolute Gasteiger partial charge is 0.409 e. The number of hydrogen-bond donors (Lipinski definition) is 1. The molecule has 0 aliphatic rings. The summed E-state index contributed by atoms with van der Waals surface area (Å²) >= 11 is 5.09. The lowest BCUT2D eigenvalue weighted by Crippen LogP contribution is -2.20. The van der Waals surface area contributed by atoms with E-state index in [9.17, 15) is 9.18 Å². The molecule has 7 heteroatoms. The Morgan fingerprint density at radius 1 is 1.25 bits per heavy atom. The number of benzene rings is 2. The minimum absolute atomic E-state index is 0.0780. The Balaban J connectivity index is 1.76. The number of rotatable bonds is 4. The molecule has 0 aliphatic heterocycles. The van der Waals surface area contributed by atoms with Gasteiger partial charge >= 0.3 is 0 Å². The molecular formula is C17H14FN3O2S. The van der Waals surface area contributed by atoms with E-state index < -0.39 is 11.7 Å². The highest BCUT2D eigenvalue weighted by atomic mass is 32.1. The number of halogens is 1. The fourth-order valence-electron chi connectivity index (χ4n) is 2.11. The van der Waals surface area contributed by atoms with Crippen molar-refractivity contribution in [2.24, 2.45) is 0 Å². The molecule has 122 valence electrons. The predicted octanol–water partition coefficient (Wildman–Crippen LogP) is 3.96. The molecule has 0 spiro atoms. The molecule has 0 bridgehead atoms. The third-order valence-electron chi connectivity index (χ3n) is 3.35. The second-order valence-electron chi connectivity index (χ2n) is 5.22. The predicted molar refractivity (Wildman–Crippen MR) is 90.5 cm³/mol. The first kappa shape index (κ1) is 16.1. The number of anilines is 1. The number of carbonyl (C=O) groups excluding carboxylic acids is 1. The van der Waals surface area contributed by atoms with Gasteiger partial charge in [0.2, 0.25) is 11.8 Å². The van der Waals surface area contributed by atoms with Crippen LogP contribution in [0.5, 0.6) is 0 Å². The van der Waals surface area contributed by atoms with Crippen LogP contribution in [0, 0.1) is 17.6 Å². The van der Waals surface area contributed by atoms with Gasteiger partial charge in [-0.2, -0.15) is 0 Å². The number of nitrogens with zero attached hydrogens (tertiary/aromatic N) is 2. The number of para-hydroxylation sites is 1. The van der Waals surface area contributed by atoms with Gasteiger partial charge in [-0.05, 0) is 43.4 Å². The molecule has 3 aromatic rings. The Morgan fingerprint density at radius 3 is 2.67 bits per heavy atom. The Morgan fingerprint density at radius 2 is 1.96 bits per heavy atom. The van der Waals surface area contributed by atoms with E-state index in [1.54, 1.807) is 12.1 Å². The van der Waals surface area contributed by atoms with Crippen LogP contribution in [-0.2, 0) is 11.3 Å². The third kappa shape index (κ3) is 3.57. The normalized spacial score (nSPS) is 10.6. The van der Waals surface area contributed by atoms with Crippen LogP contribution in [0.4, 0.5) is 10.1 Å². The average molecular weight is 343 g/mol. The van der Waals surface area contributed by atoms with Gasteiger partial charge in [-0.1, -0.05) is 29.8 Å².